The van der Waals surface area contributed by atoms with Gasteiger partial charge in [0.1, 0.15) is 0 Å². The fraction of sp³-hybridized carbons (Fsp3) is 0. The molecule has 0 spiro atoms. The lowest BCUT2D eigenvalue weighted by atomic mass is 9.99. The first-order valence-electron chi connectivity index (χ1n) is 12.3. The molecule has 0 radical (unpaired) electrons. The molecule has 5 aromatic carbocycles. The van der Waals surface area contributed by atoms with Gasteiger partial charge in [-0.05, 0) is 65.0 Å². The van der Waals surface area contributed by atoms with E-state index in [-0.39, 0.29) is 0 Å². The van der Waals surface area contributed by atoms with E-state index in [1.165, 1.54) is 0 Å². The highest BCUT2D eigenvalue weighted by Gasteiger charge is 2.10. The van der Waals surface area contributed by atoms with Crippen LogP contribution in [-0.2, 0) is 0 Å². The molecule has 0 unspecified atom stereocenters. The van der Waals surface area contributed by atoms with E-state index >= 15 is 0 Å². The van der Waals surface area contributed by atoms with Crippen LogP contribution in [0.3, 0.4) is 0 Å². The van der Waals surface area contributed by atoms with Gasteiger partial charge in [0.05, 0.1) is 11.2 Å². The number of hydrogen-bond acceptors (Lipinski definition) is 5. The average molecular weight is 496 g/mol. The number of hydrogen-bond donors (Lipinski definition) is 4. The molecule has 0 bridgehead atoms. The minimum absolute atomic E-state index is 0.716. The van der Waals surface area contributed by atoms with E-state index < -0.39 is 0 Å². The molecule has 0 saturated heterocycles. The highest BCUT2D eigenvalue weighted by molar-refractivity contribution is 6.12. The smallest absolute Gasteiger partial charge is 0.0788 e. The normalized spacial score (nSPS) is 10.9. The quantitative estimate of drug-likeness (QED) is 0.117. The molecule has 1 aromatic heterocycles. The second-order valence-corrected chi connectivity index (χ2v) is 9.07. The molecule has 6 rings (SSSR count). The Labute approximate surface area is 222 Å². The van der Waals surface area contributed by atoms with E-state index in [0.717, 1.165) is 61.1 Å². The summed E-state index contributed by atoms with van der Waals surface area (Å²) in [6.07, 6.45) is 4.09. The number of nitrogens with two attached hydrogens (primary N) is 4. The topological polar surface area (TPSA) is 117 Å². The Bertz CT molecular complexity index is 1680. The van der Waals surface area contributed by atoms with Gasteiger partial charge in [-0.3, -0.25) is 0 Å². The monoisotopic (exact) mass is 495 g/mol. The minimum Gasteiger partial charge on any atom is -0.399 e. The summed E-state index contributed by atoms with van der Waals surface area (Å²) in [5, 5.41) is 3.28. The largest absolute Gasteiger partial charge is 0.399 e. The Balaban J connectivity index is 0.000000163. The van der Waals surface area contributed by atoms with E-state index in [9.17, 15) is 0 Å². The van der Waals surface area contributed by atoms with Crippen LogP contribution in [0.15, 0.2) is 115 Å². The van der Waals surface area contributed by atoms with Gasteiger partial charge in [-0.1, -0.05) is 78.9 Å². The summed E-state index contributed by atoms with van der Waals surface area (Å²) in [5.41, 5.74) is 31.3. The summed E-state index contributed by atoms with van der Waals surface area (Å²) < 4.78 is 0. The van der Waals surface area contributed by atoms with Gasteiger partial charge in [0, 0.05) is 39.1 Å². The lowest BCUT2D eigenvalue weighted by molar-refractivity contribution is 1.43. The molecule has 6 aromatic rings. The van der Waals surface area contributed by atoms with E-state index in [4.69, 9.17) is 27.9 Å². The van der Waals surface area contributed by atoms with Crippen LogP contribution in [0.5, 0.6) is 0 Å². The average Bonchev–Trinajstić information content (AvgIpc) is 2.94. The van der Waals surface area contributed by atoms with Crippen LogP contribution in [0.4, 0.5) is 22.7 Å². The third kappa shape index (κ3) is 5.58. The Morgan fingerprint density at radius 1 is 0.447 bits per heavy atom. The molecule has 0 aliphatic rings. The molecule has 0 aliphatic carbocycles. The first-order valence-corrected chi connectivity index (χ1v) is 12.3. The van der Waals surface area contributed by atoms with Gasteiger partial charge in [0.25, 0.3) is 0 Å². The zero-order valence-corrected chi connectivity index (χ0v) is 20.9. The molecule has 8 N–H and O–H groups in total. The van der Waals surface area contributed by atoms with Crippen LogP contribution < -0.4 is 22.9 Å². The van der Waals surface area contributed by atoms with Crippen molar-refractivity contribution in [1.29, 1.82) is 0 Å². The van der Waals surface area contributed by atoms with Gasteiger partial charge in [0.2, 0.25) is 0 Å². The summed E-state index contributed by atoms with van der Waals surface area (Å²) in [7, 11) is 0. The molecule has 186 valence electrons. The number of nitrogen functional groups attached to an aromatic ring is 4. The SMILES string of the molecule is Nc1ccc(/C=C/c2ccc(N)cc2)cc1.Nc1ccc2c(c1)nc(-c1ccccc1)c1cc(N)ccc12. The number of aromatic nitrogens is 1. The molecule has 0 atom stereocenters. The molecule has 5 heteroatoms. The maximum atomic E-state index is 5.99. The van der Waals surface area contributed by atoms with E-state index in [1.807, 2.05) is 109 Å². The number of nitrogens with zero attached hydrogens (tertiary/aromatic N) is 1. The van der Waals surface area contributed by atoms with Crippen LogP contribution in [-0.4, -0.2) is 4.98 Å². The first-order chi connectivity index (χ1) is 18.5. The Hall–Kier alpha value is -5.29. The molecule has 38 heavy (non-hydrogen) atoms. The number of anilines is 4. The number of fused-ring (bicyclic) bond motifs is 3. The molecular weight excluding hydrogens is 466 g/mol. The van der Waals surface area contributed by atoms with E-state index in [1.54, 1.807) is 0 Å². The van der Waals surface area contributed by atoms with Gasteiger partial charge in [-0.2, -0.15) is 0 Å². The van der Waals surface area contributed by atoms with Crippen molar-refractivity contribution in [3.8, 4) is 11.3 Å². The Morgan fingerprint density at radius 2 is 0.947 bits per heavy atom. The third-order valence-electron chi connectivity index (χ3n) is 6.23. The zero-order valence-electron chi connectivity index (χ0n) is 20.9. The van der Waals surface area contributed by atoms with E-state index in [2.05, 4.69) is 18.2 Å². The van der Waals surface area contributed by atoms with Gasteiger partial charge in [0.15, 0.2) is 0 Å². The summed E-state index contributed by atoms with van der Waals surface area (Å²) in [6.45, 7) is 0. The van der Waals surface area contributed by atoms with Crippen molar-refractivity contribution in [2.45, 2.75) is 0 Å². The molecule has 0 aliphatic heterocycles. The van der Waals surface area contributed by atoms with Crippen molar-refractivity contribution in [2.75, 3.05) is 22.9 Å². The zero-order chi connectivity index (χ0) is 26.5. The fourth-order valence-corrected chi connectivity index (χ4v) is 4.27. The number of benzene rings is 5. The van der Waals surface area contributed by atoms with Crippen molar-refractivity contribution >= 4 is 56.6 Å². The molecule has 0 fully saturated rings. The summed E-state index contributed by atoms with van der Waals surface area (Å²) in [4.78, 5) is 4.84. The summed E-state index contributed by atoms with van der Waals surface area (Å²) in [6, 6.07) is 37.5. The Morgan fingerprint density at radius 3 is 1.53 bits per heavy atom. The molecule has 1 heterocycles. The second kappa shape index (κ2) is 10.8. The van der Waals surface area contributed by atoms with Crippen molar-refractivity contribution in [2.24, 2.45) is 0 Å². The standard InChI is InChI=1S/C19H15N3.C14H14N2/c20-13-6-8-15-16-9-7-14(21)11-18(16)22-19(17(15)10-13)12-4-2-1-3-5-12;15-13-7-3-11(4-8-13)1-2-12-5-9-14(16)10-6-12/h1-11H,20-21H2;1-10H,15-16H2/b;2-1+. The van der Waals surface area contributed by atoms with Crippen molar-refractivity contribution in [3.63, 3.8) is 0 Å². The predicted octanol–water partition coefficient (Wildman–Crippen LogP) is 7.24. The maximum Gasteiger partial charge on any atom is 0.0788 e. The van der Waals surface area contributed by atoms with Crippen molar-refractivity contribution in [3.05, 3.63) is 126 Å². The predicted molar refractivity (Wildman–Crippen MR) is 164 cm³/mol. The van der Waals surface area contributed by atoms with Crippen LogP contribution in [0, 0.1) is 0 Å². The van der Waals surface area contributed by atoms with Crippen LogP contribution in [0.1, 0.15) is 11.1 Å². The molecular formula is C33H29N5. The van der Waals surface area contributed by atoms with Crippen LogP contribution >= 0.6 is 0 Å². The molecule has 5 nitrogen and oxygen atoms in total. The van der Waals surface area contributed by atoms with Crippen LogP contribution in [0.25, 0.3) is 45.1 Å². The highest BCUT2D eigenvalue weighted by atomic mass is 14.7. The second-order valence-electron chi connectivity index (χ2n) is 9.07. The van der Waals surface area contributed by atoms with Gasteiger partial charge >= 0.3 is 0 Å². The summed E-state index contributed by atoms with van der Waals surface area (Å²) >= 11 is 0. The maximum absolute atomic E-state index is 5.99. The van der Waals surface area contributed by atoms with Gasteiger partial charge in [-0.25, -0.2) is 4.98 Å². The summed E-state index contributed by atoms with van der Waals surface area (Å²) in [5.74, 6) is 0. The van der Waals surface area contributed by atoms with Gasteiger partial charge in [-0.15, -0.1) is 0 Å². The van der Waals surface area contributed by atoms with Crippen molar-refractivity contribution in [1.82, 2.24) is 4.98 Å². The van der Waals surface area contributed by atoms with E-state index in [0.29, 0.717) is 5.69 Å². The lowest BCUT2D eigenvalue weighted by Gasteiger charge is -2.11. The third-order valence-corrected chi connectivity index (χ3v) is 6.23. The van der Waals surface area contributed by atoms with Crippen LogP contribution in [0.2, 0.25) is 0 Å². The lowest BCUT2D eigenvalue weighted by Crippen LogP contribution is -1.93. The Kier molecular flexibility index (Phi) is 6.91. The number of pyridine rings is 1. The van der Waals surface area contributed by atoms with Gasteiger partial charge < -0.3 is 22.9 Å². The molecule has 0 amide bonds. The minimum atomic E-state index is 0.716. The molecule has 0 saturated carbocycles. The number of rotatable bonds is 3. The highest BCUT2D eigenvalue weighted by Crippen LogP contribution is 2.34. The fourth-order valence-electron chi connectivity index (χ4n) is 4.27. The van der Waals surface area contributed by atoms with Crippen molar-refractivity contribution < 1.29 is 0 Å². The first kappa shape index (κ1) is 24.4.